The van der Waals surface area contributed by atoms with Gasteiger partial charge in [-0.2, -0.15) is 0 Å². The number of aromatic nitrogens is 3. The first-order valence-electron chi connectivity index (χ1n) is 5.53. The van der Waals surface area contributed by atoms with Crippen LogP contribution in [0, 0.1) is 5.82 Å². The molecule has 5 nitrogen and oxygen atoms in total. The molecule has 0 aromatic carbocycles. The fourth-order valence-corrected chi connectivity index (χ4v) is 1.63. The first-order chi connectivity index (χ1) is 8.63. The van der Waals surface area contributed by atoms with Gasteiger partial charge in [0.05, 0.1) is 41.9 Å². The number of carbonyl (C=O) groups excluding carboxylic acids is 1. The lowest BCUT2D eigenvalue weighted by Crippen LogP contribution is -2.11. The number of nitrogens with one attached hydrogen (secondary N) is 1. The molecule has 0 unspecified atom stereocenters. The summed E-state index contributed by atoms with van der Waals surface area (Å²) in [5.74, 6) is -0.682. The normalized spacial score (nSPS) is 10.4. The summed E-state index contributed by atoms with van der Waals surface area (Å²) in [6, 6.07) is 0. The third-order valence-corrected chi connectivity index (χ3v) is 2.57. The summed E-state index contributed by atoms with van der Waals surface area (Å²) < 4.78 is 15.6. The number of hydrogen-bond acceptors (Lipinski definition) is 3. The van der Waals surface area contributed by atoms with Crippen LogP contribution in [0.15, 0.2) is 24.9 Å². The zero-order valence-electron chi connectivity index (χ0n) is 10.1. The van der Waals surface area contributed by atoms with Gasteiger partial charge in [-0.15, -0.1) is 0 Å². The molecule has 94 valence electrons. The van der Waals surface area contributed by atoms with E-state index >= 15 is 0 Å². The molecule has 0 saturated heterocycles. The Balaban J connectivity index is 2.52. The number of amides is 1. The van der Waals surface area contributed by atoms with Gasteiger partial charge in [0.25, 0.3) is 0 Å². The average molecular weight is 248 g/mol. The van der Waals surface area contributed by atoms with E-state index in [0.29, 0.717) is 23.4 Å². The molecule has 1 amide bonds. The lowest BCUT2D eigenvalue weighted by molar-refractivity contribution is -0.115. The minimum Gasteiger partial charge on any atom is -0.334 e. The number of rotatable bonds is 3. The molecule has 0 aliphatic carbocycles. The van der Waals surface area contributed by atoms with Crippen molar-refractivity contribution in [2.45, 2.75) is 13.3 Å². The van der Waals surface area contributed by atoms with E-state index in [-0.39, 0.29) is 5.91 Å². The Hall–Kier alpha value is -2.24. The summed E-state index contributed by atoms with van der Waals surface area (Å²) in [7, 11) is 1.76. The fraction of sp³-hybridized carbons (Fsp3) is 0.250. The molecule has 2 heterocycles. The maximum Gasteiger partial charge on any atom is 0.224 e. The third-order valence-electron chi connectivity index (χ3n) is 2.57. The van der Waals surface area contributed by atoms with E-state index in [2.05, 4.69) is 15.3 Å². The molecule has 0 aliphatic rings. The average Bonchev–Trinajstić information content (AvgIpc) is 2.75. The van der Waals surface area contributed by atoms with Crippen LogP contribution in [0.25, 0.3) is 11.3 Å². The van der Waals surface area contributed by atoms with Crippen molar-refractivity contribution in [3.8, 4) is 11.3 Å². The van der Waals surface area contributed by atoms with Crippen molar-refractivity contribution in [1.82, 2.24) is 14.5 Å². The highest BCUT2D eigenvalue weighted by molar-refractivity contribution is 5.94. The first-order valence-corrected chi connectivity index (χ1v) is 5.53. The number of imidazole rings is 1. The molecule has 18 heavy (non-hydrogen) atoms. The smallest absolute Gasteiger partial charge is 0.224 e. The molecule has 0 radical (unpaired) electrons. The van der Waals surface area contributed by atoms with E-state index in [0.717, 1.165) is 6.20 Å². The van der Waals surface area contributed by atoms with Crippen molar-refractivity contribution in [2.24, 2.45) is 7.05 Å². The lowest BCUT2D eigenvalue weighted by atomic mass is 10.1. The Morgan fingerprint density at radius 1 is 1.39 bits per heavy atom. The van der Waals surface area contributed by atoms with Gasteiger partial charge in [-0.05, 0) is 0 Å². The third kappa shape index (κ3) is 2.22. The molecular formula is C12H13FN4O. The van der Waals surface area contributed by atoms with Crippen LogP contribution < -0.4 is 5.32 Å². The standard InChI is InChI=1S/C12H13FN4O/c1-3-11(18)16-9-5-14-4-8(13)12(9)10-6-15-7-17(10)2/h4-7H,3H2,1-2H3,(H,16,18). The second kappa shape index (κ2) is 4.95. The number of hydrogen-bond donors (Lipinski definition) is 1. The topological polar surface area (TPSA) is 59.8 Å². The number of nitrogens with zero attached hydrogens (tertiary/aromatic N) is 3. The highest BCUT2D eigenvalue weighted by atomic mass is 19.1. The zero-order valence-corrected chi connectivity index (χ0v) is 10.1. The van der Waals surface area contributed by atoms with Crippen LogP contribution in [0.4, 0.5) is 10.1 Å². The van der Waals surface area contributed by atoms with E-state index in [4.69, 9.17) is 0 Å². The van der Waals surface area contributed by atoms with E-state index in [1.165, 1.54) is 6.20 Å². The molecule has 0 atom stereocenters. The number of carbonyl (C=O) groups is 1. The predicted molar refractivity (Wildman–Crippen MR) is 65.3 cm³/mol. The highest BCUT2D eigenvalue weighted by Crippen LogP contribution is 2.29. The van der Waals surface area contributed by atoms with Crippen LogP contribution in [0.5, 0.6) is 0 Å². The number of aryl methyl sites for hydroxylation is 1. The van der Waals surface area contributed by atoms with Gasteiger partial charge in [0.2, 0.25) is 5.91 Å². The molecule has 0 spiro atoms. The molecule has 6 heteroatoms. The van der Waals surface area contributed by atoms with Crippen LogP contribution >= 0.6 is 0 Å². The molecule has 2 aromatic rings. The molecule has 0 bridgehead atoms. The Bertz CT molecular complexity index is 579. The fourth-order valence-electron chi connectivity index (χ4n) is 1.63. The maximum atomic E-state index is 13.9. The van der Waals surface area contributed by atoms with Crippen LogP contribution in [0.3, 0.4) is 0 Å². The van der Waals surface area contributed by atoms with E-state index in [1.54, 1.807) is 31.1 Å². The Morgan fingerprint density at radius 2 is 2.17 bits per heavy atom. The van der Waals surface area contributed by atoms with Gasteiger partial charge in [0.15, 0.2) is 5.82 Å². The molecule has 1 N–H and O–H groups in total. The summed E-state index contributed by atoms with van der Waals surface area (Å²) in [5, 5.41) is 2.63. The first kappa shape index (κ1) is 12.2. The monoisotopic (exact) mass is 248 g/mol. The molecule has 2 aromatic heterocycles. The van der Waals surface area contributed by atoms with Crippen LogP contribution in [-0.4, -0.2) is 20.4 Å². The van der Waals surface area contributed by atoms with Gasteiger partial charge in [-0.25, -0.2) is 9.37 Å². The molecule has 0 saturated carbocycles. The van der Waals surface area contributed by atoms with Gasteiger partial charge < -0.3 is 9.88 Å². The summed E-state index contributed by atoms with van der Waals surface area (Å²) in [6.07, 6.45) is 5.98. The van der Waals surface area contributed by atoms with E-state index in [9.17, 15) is 9.18 Å². The quantitative estimate of drug-likeness (QED) is 0.903. The summed E-state index contributed by atoms with van der Waals surface area (Å²) in [6.45, 7) is 1.73. The Kier molecular flexibility index (Phi) is 3.36. The summed E-state index contributed by atoms with van der Waals surface area (Å²) in [5.41, 5.74) is 1.23. The molecule has 2 rings (SSSR count). The van der Waals surface area contributed by atoms with Gasteiger partial charge in [0.1, 0.15) is 0 Å². The highest BCUT2D eigenvalue weighted by Gasteiger charge is 2.15. The SMILES string of the molecule is CCC(=O)Nc1cncc(F)c1-c1cncn1C. The largest absolute Gasteiger partial charge is 0.334 e. The second-order valence-corrected chi connectivity index (χ2v) is 3.84. The summed E-state index contributed by atoms with van der Waals surface area (Å²) in [4.78, 5) is 19.1. The minimum atomic E-state index is -0.493. The zero-order chi connectivity index (χ0) is 13.1. The van der Waals surface area contributed by atoms with Crippen molar-refractivity contribution in [3.63, 3.8) is 0 Å². The number of anilines is 1. The Labute approximate surface area is 104 Å². The van der Waals surface area contributed by atoms with Gasteiger partial charge >= 0.3 is 0 Å². The molecular weight excluding hydrogens is 235 g/mol. The predicted octanol–water partition coefficient (Wildman–Crippen LogP) is 1.97. The van der Waals surface area contributed by atoms with Crippen LogP contribution in [0.1, 0.15) is 13.3 Å². The van der Waals surface area contributed by atoms with Gasteiger partial charge in [-0.1, -0.05) is 6.92 Å². The van der Waals surface area contributed by atoms with Crippen molar-refractivity contribution in [2.75, 3.05) is 5.32 Å². The Morgan fingerprint density at radius 3 is 2.78 bits per heavy atom. The molecule has 0 fully saturated rings. The van der Waals surface area contributed by atoms with Crippen LogP contribution in [0.2, 0.25) is 0 Å². The summed E-state index contributed by atoms with van der Waals surface area (Å²) >= 11 is 0. The number of pyridine rings is 1. The van der Waals surface area contributed by atoms with Crippen molar-refractivity contribution in [1.29, 1.82) is 0 Å². The van der Waals surface area contributed by atoms with Crippen molar-refractivity contribution in [3.05, 3.63) is 30.7 Å². The van der Waals surface area contributed by atoms with Gasteiger partial charge in [0, 0.05) is 13.5 Å². The van der Waals surface area contributed by atoms with E-state index in [1.807, 2.05) is 0 Å². The number of halogens is 1. The van der Waals surface area contributed by atoms with Gasteiger partial charge in [-0.3, -0.25) is 9.78 Å². The second-order valence-electron chi connectivity index (χ2n) is 3.84. The van der Waals surface area contributed by atoms with Crippen molar-refractivity contribution >= 4 is 11.6 Å². The maximum absolute atomic E-state index is 13.9. The molecule has 0 aliphatic heterocycles. The van der Waals surface area contributed by atoms with Crippen molar-refractivity contribution < 1.29 is 9.18 Å². The van der Waals surface area contributed by atoms with Crippen LogP contribution in [-0.2, 0) is 11.8 Å². The van der Waals surface area contributed by atoms with E-state index < -0.39 is 5.82 Å². The lowest BCUT2D eigenvalue weighted by Gasteiger charge is -2.11. The minimum absolute atomic E-state index is 0.189.